The summed E-state index contributed by atoms with van der Waals surface area (Å²) in [6.07, 6.45) is -0.526. The van der Waals surface area contributed by atoms with Crippen molar-refractivity contribution in [2.75, 3.05) is 7.11 Å². The molecule has 0 spiro atoms. The molecule has 1 amide bonds. The van der Waals surface area contributed by atoms with E-state index in [9.17, 15) is 9.90 Å². The zero-order valence-corrected chi connectivity index (χ0v) is 11.1. The molecule has 4 nitrogen and oxygen atoms in total. The van der Waals surface area contributed by atoms with Crippen molar-refractivity contribution in [1.82, 2.24) is 5.32 Å². The maximum Gasteiger partial charge on any atom is 0.222 e. The highest BCUT2D eigenvalue weighted by molar-refractivity contribution is 5.76. The molecule has 0 saturated carbocycles. The van der Waals surface area contributed by atoms with Crippen LogP contribution >= 0.6 is 0 Å². The van der Waals surface area contributed by atoms with E-state index >= 15 is 0 Å². The first-order valence-electron chi connectivity index (χ1n) is 6.09. The lowest BCUT2D eigenvalue weighted by atomic mass is 10.0. The quantitative estimate of drug-likeness (QED) is 0.808. The molecular weight excluding hydrogens is 230 g/mol. The minimum absolute atomic E-state index is 0.119. The predicted octanol–water partition coefficient (Wildman–Crippen LogP) is 1.65. The van der Waals surface area contributed by atoms with Crippen molar-refractivity contribution in [2.24, 2.45) is 0 Å². The number of hydrogen-bond donors (Lipinski definition) is 2. The van der Waals surface area contributed by atoms with Gasteiger partial charge in [0.15, 0.2) is 0 Å². The SMILES string of the molecule is CO[C@@H](C)CC(=O)N[C@H](C)[C@@H](O)c1ccccc1. The Bertz CT molecular complexity index is 367. The van der Waals surface area contributed by atoms with Crippen LogP contribution in [0.4, 0.5) is 0 Å². The van der Waals surface area contributed by atoms with Crippen molar-refractivity contribution >= 4 is 5.91 Å². The largest absolute Gasteiger partial charge is 0.386 e. The fraction of sp³-hybridized carbons (Fsp3) is 0.500. The summed E-state index contributed by atoms with van der Waals surface area (Å²) >= 11 is 0. The number of amides is 1. The van der Waals surface area contributed by atoms with E-state index < -0.39 is 6.10 Å². The number of benzene rings is 1. The first kappa shape index (κ1) is 14.7. The molecule has 0 heterocycles. The fourth-order valence-corrected chi connectivity index (χ4v) is 1.68. The molecule has 0 aliphatic rings. The highest BCUT2D eigenvalue weighted by Crippen LogP contribution is 2.16. The van der Waals surface area contributed by atoms with Crippen molar-refractivity contribution < 1.29 is 14.6 Å². The van der Waals surface area contributed by atoms with Crippen LogP contribution < -0.4 is 5.32 Å². The van der Waals surface area contributed by atoms with Crippen LogP contribution in [-0.4, -0.2) is 30.3 Å². The van der Waals surface area contributed by atoms with Crippen molar-refractivity contribution in [2.45, 2.75) is 38.5 Å². The summed E-state index contributed by atoms with van der Waals surface area (Å²) in [5, 5.41) is 12.9. The van der Waals surface area contributed by atoms with Gasteiger partial charge < -0.3 is 15.2 Å². The maximum atomic E-state index is 11.7. The standard InChI is InChI=1S/C14H21NO3/c1-10(18-3)9-13(16)15-11(2)14(17)12-7-5-4-6-8-12/h4-8,10-11,14,17H,9H2,1-3H3,(H,15,16)/t10-,11+,14+/m0/s1. The van der Waals surface area contributed by atoms with E-state index in [-0.39, 0.29) is 18.1 Å². The topological polar surface area (TPSA) is 58.6 Å². The predicted molar refractivity (Wildman–Crippen MR) is 70.1 cm³/mol. The summed E-state index contributed by atoms with van der Waals surface area (Å²) in [4.78, 5) is 11.7. The Labute approximate surface area is 108 Å². The van der Waals surface area contributed by atoms with E-state index in [1.165, 1.54) is 0 Å². The van der Waals surface area contributed by atoms with Crippen LogP contribution in [0, 0.1) is 0 Å². The van der Waals surface area contributed by atoms with Crippen LogP contribution in [-0.2, 0) is 9.53 Å². The second kappa shape index (κ2) is 7.13. The average Bonchev–Trinajstić information content (AvgIpc) is 2.38. The average molecular weight is 251 g/mol. The number of ether oxygens (including phenoxy) is 1. The highest BCUT2D eigenvalue weighted by Gasteiger charge is 2.18. The number of rotatable bonds is 6. The smallest absolute Gasteiger partial charge is 0.222 e. The summed E-state index contributed by atoms with van der Waals surface area (Å²) < 4.78 is 5.02. The van der Waals surface area contributed by atoms with Gasteiger partial charge in [-0.25, -0.2) is 0 Å². The lowest BCUT2D eigenvalue weighted by Gasteiger charge is -2.21. The van der Waals surface area contributed by atoms with Gasteiger partial charge in [-0.1, -0.05) is 30.3 Å². The third-order valence-electron chi connectivity index (χ3n) is 2.88. The molecule has 0 aromatic heterocycles. The Morgan fingerprint density at radius 1 is 1.33 bits per heavy atom. The Hall–Kier alpha value is -1.39. The number of carbonyl (C=O) groups is 1. The van der Waals surface area contributed by atoms with E-state index in [2.05, 4.69) is 5.32 Å². The number of carbonyl (C=O) groups excluding carboxylic acids is 1. The molecular formula is C14H21NO3. The van der Waals surface area contributed by atoms with Gasteiger partial charge in [-0.15, -0.1) is 0 Å². The molecule has 2 N–H and O–H groups in total. The first-order valence-corrected chi connectivity index (χ1v) is 6.09. The van der Waals surface area contributed by atoms with Gasteiger partial charge in [0.25, 0.3) is 0 Å². The summed E-state index contributed by atoms with van der Waals surface area (Å²) in [7, 11) is 1.57. The molecule has 0 fully saturated rings. The van der Waals surface area contributed by atoms with Crippen molar-refractivity contribution in [3.63, 3.8) is 0 Å². The molecule has 0 bridgehead atoms. The third-order valence-corrected chi connectivity index (χ3v) is 2.88. The van der Waals surface area contributed by atoms with Crippen LogP contribution in [0.15, 0.2) is 30.3 Å². The third kappa shape index (κ3) is 4.47. The van der Waals surface area contributed by atoms with Crippen molar-refractivity contribution in [1.29, 1.82) is 0 Å². The van der Waals surface area contributed by atoms with E-state index in [1.54, 1.807) is 14.0 Å². The summed E-state index contributed by atoms with van der Waals surface area (Å²) in [6, 6.07) is 8.96. The number of nitrogens with one attached hydrogen (secondary N) is 1. The Balaban J connectivity index is 2.50. The molecule has 1 aromatic carbocycles. The molecule has 0 aliphatic heterocycles. The lowest BCUT2D eigenvalue weighted by Crippen LogP contribution is -2.38. The molecule has 0 radical (unpaired) electrons. The van der Waals surface area contributed by atoms with Crippen LogP contribution in [0.3, 0.4) is 0 Å². The van der Waals surface area contributed by atoms with Gasteiger partial charge in [-0.05, 0) is 19.4 Å². The van der Waals surface area contributed by atoms with Crippen LogP contribution in [0.25, 0.3) is 0 Å². The van der Waals surface area contributed by atoms with Crippen LogP contribution in [0.2, 0.25) is 0 Å². The fourth-order valence-electron chi connectivity index (χ4n) is 1.68. The monoisotopic (exact) mass is 251 g/mol. The summed E-state index contributed by atoms with van der Waals surface area (Å²) in [5.41, 5.74) is 0.796. The molecule has 1 aromatic rings. The zero-order valence-electron chi connectivity index (χ0n) is 11.1. The van der Waals surface area contributed by atoms with Gasteiger partial charge in [-0.3, -0.25) is 4.79 Å². The van der Waals surface area contributed by atoms with Crippen molar-refractivity contribution in [3.05, 3.63) is 35.9 Å². The number of aliphatic hydroxyl groups is 1. The van der Waals surface area contributed by atoms with Gasteiger partial charge in [0.2, 0.25) is 5.91 Å². The molecule has 0 unspecified atom stereocenters. The molecule has 3 atom stereocenters. The van der Waals surface area contributed by atoms with E-state index in [4.69, 9.17) is 4.74 Å². The maximum absolute atomic E-state index is 11.7. The van der Waals surface area contributed by atoms with E-state index in [0.717, 1.165) is 5.56 Å². The normalized spacial score (nSPS) is 15.8. The zero-order chi connectivity index (χ0) is 13.5. The summed E-state index contributed by atoms with van der Waals surface area (Å²) in [6.45, 7) is 3.62. The van der Waals surface area contributed by atoms with Crippen LogP contribution in [0.1, 0.15) is 31.9 Å². The number of aliphatic hydroxyl groups excluding tert-OH is 1. The minimum atomic E-state index is -0.701. The highest BCUT2D eigenvalue weighted by atomic mass is 16.5. The Kier molecular flexibility index (Phi) is 5.82. The van der Waals surface area contributed by atoms with Gasteiger partial charge in [0, 0.05) is 7.11 Å². The van der Waals surface area contributed by atoms with E-state index in [0.29, 0.717) is 6.42 Å². The lowest BCUT2D eigenvalue weighted by molar-refractivity contribution is -0.124. The van der Waals surface area contributed by atoms with Gasteiger partial charge in [-0.2, -0.15) is 0 Å². The second-order valence-electron chi connectivity index (χ2n) is 4.46. The number of methoxy groups -OCH3 is 1. The van der Waals surface area contributed by atoms with Gasteiger partial charge in [0.05, 0.1) is 24.7 Å². The van der Waals surface area contributed by atoms with Gasteiger partial charge in [0.1, 0.15) is 0 Å². The molecule has 0 saturated heterocycles. The summed E-state index contributed by atoms with van der Waals surface area (Å²) in [5.74, 6) is -0.119. The minimum Gasteiger partial charge on any atom is -0.386 e. The molecule has 1 rings (SSSR count). The Morgan fingerprint density at radius 2 is 1.94 bits per heavy atom. The molecule has 100 valence electrons. The van der Waals surface area contributed by atoms with E-state index in [1.807, 2.05) is 37.3 Å². The van der Waals surface area contributed by atoms with Crippen molar-refractivity contribution in [3.8, 4) is 0 Å². The molecule has 0 aliphatic carbocycles. The first-order chi connectivity index (χ1) is 8.54. The Morgan fingerprint density at radius 3 is 2.50 bits per heavy atom. The van der Waals surface area contributed by atoms with Crippen LogP contribution in [0.5, 0.6) is 0 Å². The second-order valence-corrected chi connectivity index (χ2v) is 4.46. The molecule has 4 heteroatoms. The molecule has 18 heavy (non-hydrogen) atoms. The van der Waals surface area contributed by atoms with Gasteiger partial charge >= 0.3 is 0 Å². The number of hydrogen-bond acceptors (Lipinski definition) is 3.